The zero-order valence-corrected chi connectivity index (χ0v) is 10.3. The second kappa shape index (κ2) is 4.96. The lowest BCUT2D eigenvalue weighted by Crippen LogP contribution is -2.15. The van der Waals surface area contributed by atoms with Crippen molar-refractivity contribution >= 4 is 21.4 Å². The molecule has 0 saturated heterocycles. The molecule has 0 bridgehead atoms. The number of alkyl halides is 1. The molecule has 0 aliphatic heterocycles. The summed E-state index contributed by atoms with van der Waals surface area (Å²) in [6, 6.07) is 7.30. The Bertz CT molecular complexity index is 414. The summed E-state index contributed by atoms with van der Waals surface area (Å²) in [7, 11) is -1.19. The normalized spacial score (nSPS) is 12.0. The van der Waals surface area contributed by atoms with Gasteiger partial charge < -0.3 is 0 Å². The van der Waals surface area contributed by atoms with Crippen molar-refractivity contribution in [1.29, 1.82) is 0 Å². The second-order valence-corrected chi connectivity index (χ2v) is 5.80. The molecule has 0 aliphatic carbocycles. The molecule has 15 heavy (non-hydrogen) atoms. The topological polar surface area (TPSA) is 37.4 Å². The summed E-state index contributed by atoms with van der Waals surface area (Å²) in [6.45, 7) is 0.716. The number of rotatable bonds is 4. The van der Waals surface area contributed by atoms with Crippen LogP contribution in [0.4, 0.5) is 0 Å². The monoisotopic (exact) mass is 247 g/mol. The van der Waals surface area contributed by atoms with Crippen molar-refractivity contribution in [3.05, 3.63) is 29.8 Å². The number of hydrogen-bond donors (Lipinski definition) is 0. The summed E-state index contributed by atoms with van der Waals surface area (Å²) in [5.74, 6) is 0. The van der Waals surface area contributed by atoms with Gasteiger partial charge in [0.25, 0.3) is 0 Å². The lowest BCUT2D eigenvalue weighted by Gasteiger charge is -2.12. The zero-order valence-electron chi connectivity index (χ0n) is 8.77. The first-order valence-corrected chi connectivity index (χ1v) is 6.89. The van der Waals surface area contributed by atoms with Crippen LogP contribution < -0.4 is 0 Å². The maximum absolute atomic E-state index is 11.2. The predicted octanol–water partition coefficient (Wildman–Crippen LogP) is 1.72. The molecular formula is C10H14ClNO2S. The van der Waals surface area contributed by atoms with Gasteiger partial charge in [-0.1, -0.05) is 12.1 Å². The Morgan fingerprint density at radius 2 is 1.80 bits per heavy atom. The van der Waals surface area contributed by atoms with Gasteiger partial charge in [-0.2, -0.15) is 0 Å². The van der Waals surface area contributed by atoms with Gasteiger partial charge in [-0.15, -0.1) is 11.6 Å². The van der Waals surface area contributed by atoms with Crippen molar-refractivity contribution in [2.24, 2.45) is 0 Å². The van der Waals surface area contributed by atoms with E-state index in [2.05, 4.69) is 0 Å². The Balaban J connectivity index is 2.82. The Labute approximate surface area is 95.6 Å². The lowest BCUT2D eigenvalue weighted by molar-refractivity contribution is 0.382. The van der Waals surface area contributed by atoms with Crippen molar-refractivity contribution in [3.63, 3.8) is 0 Å². The average molecular weight is 248 g/mol. The molecule has 0 fully saturated rings. The van der Waals surface area contributed by atoms with E-state index in [1.165, 1.54) is 6.26 Å². The third-order valence-electron chi connectivity index (χ3n) is 2.01. The van der Waals surface area contributed by atoms with Crippen LogP contribution in [0.3, 0.4) is 0 Å². The number of sulfone groups is 1. The van der Waals surface area contributed by atoms with Crippen LogP contribution in [0.15, 0.2) is 29.2 Å². The molecule has 0 unspecified atom stereocenters. The number of halogens is 1. The van der Waals surface area contributed by atoms with Gasteiger partial charge in [-0.25, -0.2) is 8.42 Å². The van der Waals surface area contributed by atoms with E-state index < -0.39 is 9.84 Å². The fourth-order valence-corrected chi connectivity index (χ4v) is 1.91. The van der Waals surface area contributed by atoms with E-state index in [9.17, 15) is 8.42 Å². The average Bonchev–Trinajstić information content (AvgIpc) is 2.17. The van der Waals surface area contributed by atoms with Crippen LogP contribution >= 0.6 is 11.6 Å². The van der Waals surface area contributed by atoms with Gasteiger partial charge in [-0.3, -0.25) is 4.90 Å². The van der Waals surface area contributed by atoms with Gasteiger partial charge >= 0.3 is 0 Å². The summed E-state index contributed by atoms with van der Waals surface area (Å²) in [6.07, 6.45) is 1.20. The summed E-state index contributed by atoms with van der Waals surface area (Å²) < 4.78 is 22.4. The van der Waals surface area contributed by atoms with Crippen molar-refractivity contribution in [1.82, 2.24) is 4.90 Å². The Morgan fingerprint density at radius 1 is 1.27 bits per heavy atom. The molecule has 0 aliphatic rings. The van der Waals surface area contributed by atoms with E-state index in [0.29, 0.717) is 17.4 Å². The third kappa shape index (κ3) is 3.81. The van der Waals surface area contributed by atoms with E-state index in [4.69, 9.17) is 11.6 Å². The molecule has 3 nitrogen and oxygen atoms in total. The lowest BCUT2D eigenvalue weighted by atomic mass is 10.2. The van der Waals surface area contributed by atoms with Gasteiger partial charge in [0.15, 0.2) is 9.84 Å². The van der Waals surface area contributed by atoms with Crippen molar-refractivity contribution in [3.8, 4) is 0 Å². The first kappa shape index (κ1) is 12.5. The summed E-state index contributed by atoms with van der Waals surface area (Å²) in [5, 5.41) is 0. The second-order valence-electron chi connectivity index (χ2n) is 3.55. The van der Waals surface area contributed by atoms with E-state index in [1.807, 2.05) is 11.9 Å². The minimum absolute atomic E-state index is 0.347. The highest BCUT2D eigenvalue weighted by Crippen LogP contribution is 2.11. The zero-order chi connectivity index (χ0) is 11.5. The van der Waals surface area contributed by atoms with Crippen LogP contribution in [0.2, 0.25) is 0 Å². The van der Waals surface area contributed by atoms with Crippen LogP contribution in [0.5, 0.6) is 0 Å². The van der Waals surface area contributed by atoms with Crippen molar-refractivity contribution in [2.75, 3.05) is 19.3 Å². The molecule has 0 spiro atoms. The fraction of sp³-hybridized carbons (Fsp3) is 0.400. The highest BCUT2D eigenvalue weighted by Gasteiger charge is 2.06. The van der Waals surface area contributed by atoms with Gasteiger partial charge in [0.1, 0.15) is 0 Å². The van der Waals surface area contributed by atoms with Crippen LogP contribution in [-0.2, 0) is 16.4 Å². The Morgan fingerprint density at radius 3 is 2.20 bits per heavy atom. The fourth-order valence-electron chi connectivity index (χ4n) is 1.20. The summed E-state index contributed by atoms with van der Waals surface area (Å²) in [5.41, 5.74) is 1.05. The highest BCUT2D eigenvalue weighted by molar-refractivity contribution is 7.90. The van der Waals surface area contributed by atoms with Gasteiger partial charge in [0, 0.05) is 12.8 Å². The molecule has 84 valence electrons. The van der Waals surface area contributed by atoms with Crippen LogP contribution in [0, 0.1) is 0 Å². The maximum Gasteiger partial charge on any atom is 0.175 e. The molecule has 0 heterocycles. The van der Waals surface area contributed by atoms with Crippen molar-refractivity contribution in [2.45, 2.75) is 11.4 Å². The van der Waals surface area contributed by atoms with Crippen LogP contribution in [0.25, 0.3) is 0 Å². The Hall–Kier alpha value is -0.580. The molecule has 1 rings (SSSR count). The molecule has 0 aromatic heterocycles. The van der Waals surface area contributed by atoms with Crippen LogP contribution in [0.1, 0.15) is 5.56 Å². The first-order chi connectivity index (χ1) is 6.93. The Kier molecular flexibility index (Phi) is 4.13. The van der Waals surface area contributed by atoms with Gasteiger partial charge in [0.2, 0.25) is 0 Å². The molecule has 0 atom stereocenters. The number of benzene rings is 1. The molecule has 0 saturated carbocycles. The molecular weight excluding hydrogens is 234 g/mol. The number of nitrogens with zero attached hydrogens (tertiary/aromatic N) is 1. The van der Waals surface area contributed by atoms with Gasteiger partial charge in [-0.05, 0) is 24.7 Å². The van der Waals surface area contributed by atoms with Crippen LogP contribution in [-0.4, -0.2) is 32.6 Å². The minimum Gasteiger partial charge on any atom is -0.289 e. The van der Waals surface area contributed by atoms with E-state index in [0.717, 1.165) is 5.56 Å². The molecule has 0 amide bonds. The highest BCUT2D eigenvalue weighted by atomic mass is 35.5. The van der Waals surface area contributed by atoms with Crippen molar-refractivity contribution < 1.29 is 8.42 Å². The minimum atomic E-state index is -3.09. The van der Waals surface area contributed by atoms with Gasteiger partial charge in [0.05, 0.1) is 10.9 Å². The standard InChI is InChI=1S/C10H14ClNO2S/c1-12(8-11)7-9-3-5-10(6-4-9)15(2,13)14/h3-6H,7-8H2,1-2H3. The molecule has 1 aromatic carbocycles. The largest absolute Gasteiger partial charge is 0.289 e. The van der Waals surface area contributed by atoms with E-state index in [-0.39, 0.29) is 0 Å². The summed E-state index contributed by atoms with van der Waals surface area (Å²) >= 11 is 5.64. The molecule has 0 N–H and O–H groups in total. The number of hydrogen-bond acceptors (Lipinski definition) is 3. The quantitative estimate of drug-likeness (QED) is 0.601. The molecule has 5 heteroatoms. The van der Waals surface area contributed by atoms with E-state index >= 15 is 0 Å². The molecule has 0 radical (unpaired) electrons. The first-order valence-electron chi connectivity index (χ1n) is 4.47. The summed E-state index contributed by atoms with van der Waals surface area (Å²) in [4.78, 5) is 2.27. The van der Waals surface area contributed by atoms with E-state index in [1.54, 1.807) is 24.3 Å². The molecule has 1 aromatic rings. The smallest absolute Gasteiger partial charge is 0.175 e. The SMILES string of the molecule is CN(CCl)Cc1ccc(S(C)(=O)=O)cc1. The maximum atomic E-state index is 11.2. The predicted molar refractivity (Wildman–Crippen MR) is 61.7 cm³/mol. The third-order valence-corrected chi connectivity index (χ3v) is 3.54.